The smallest absolute Gasteiger partial charge is 0.311 e. The van der Waals surface area contributed by atoms with Crippen LogP contribution in [-0.4, -0.2) is 129 Å². The van der Waals surface area contributed by atoms with Crippen LogP contribution in [0.2, 0.25) is 0 Å². The Balaban J connectivity index is 1.00. The Morgan fingerprint density at radius 1 is 0.754 bits per heavy atom. The molecule has 14 heteroatoms. The highest BCUT2D eigenvalue weighted by Crippen LogP contribution is 2.55. The average Bonchev–Trinajstić information content (AvgIpc) is 4.02. The molecule has 342 valence electrons. The molecular formula is C47H70O14. The minimum absolute atomic E-state index is 0.0222. The summed E-state index contributed by atoms with van der Waals surface area (Å²) in [7, 11) is 0. The number of ether oxygens (including phenoxy) is 9. The molecule has 0 aromatic rings. The Labute approximate surface area is 360 Å². The summed E-state index contributed by atoms with van der Waals surface area (Å²) in [5.74, 6) is -5.28. The first-order valence-corrected chi connectivity index (χ1v) is 23.3. The topological polar surface area (TPSA) is 178 Å². The summed E-state index contributed by atoms with van der Waals surface area (Å²) in [4.78, 5) is 28.0. The second-order valence-electron chi connectivity index (χ2n) is 21.3. The van der Waals surface area contributed by atoms with E-state index in [1.807, 2.05) is 26.0 Å². The zero-order chi connectivity index (χ0) is 43.3. The highest BCUT2D eigenvalue weighted by atomic mass is 16.8. The van der Waals surface area contributed by atoms with Gasteiger partial charge in [-0.3, -0.25) is 9.59 Å². The number of allylic oxidation sites excluding steroid dienone is 3. The summed E-state index contributed by atoms with van der Waals surface area (Å²) in [6.45, 7) is 14.1. The zero-order valence-corrected chi connectivity index (χ0v) is 37.2. The summed E-state index contributed by atoms with van der Waals surface area (Å²) >= 11 is 0. The normalized spacial score (nSPS) is 55.7. The fourth-order valence-corrected chi connectivity index (χ4v) is 12.5. The predicted molar refractivity (Wildman–Crippen MR) is 218 cm³/mol. The van der Waals surface area contributed by atoms with Crippen molar-refractivity contribution in [2.24, 2.45) is 17.8 Å². The first-order valence-electron chi connectivity index (χ1n) is 23.3. The number of esters is 1. The van der Waals surface area contributed by atoms with E-state index in [-0.39, 0.29) is 43.2 Å². The van der Waals surface area contributed by atoms with E-state index in [2.05, 4.69) is 26.8 Å². The van der Waals surface area contributed by atoms with Crippen molar-refractivity contribution in [1.29, 1.82) is 0 Å². The molecule has 3 N–H and O–H groups in total. The number of Topliss-reactive ketones (excluding diaryl/α,β-unsaturated/α-hetero) is 1. The Hall–Kier alpha value is -1.82. The Morgan fingerprint density at radius 2 is 1.54 bits per heavy atom. The first-order chi connectivity index (χ1) is 28.7. The average molecular weight is 859 g/mol. The molecule has 61 heavy (non-hydrogen) atoms. The molecule has 0 aromatic heterocycles. The summed E-state index contributed by atoms with van der Waals surface area (Å²) in [6, 6.07) is 0. The number of fused-ring (bicyclic) bond motifs is 10. The molecule has 9 rings (SSSR count). The van der Waals surface area contributed by atoms with E-state index in [1.54, 1.807) is 13.8 Å². The SMILES string of the molecule is CC1=C\[C@@H](C)C[C@]2(C)CC[C@H](O2)[C@]23CC[C@](C)(C[C@H](O2)[C@@H]2O[C@@](C)(CC2=O)[C@H](O)[C@H]2CC[C@]4(CCC[C@@H](O4)[C@H](C)C(=O)O[C@H]4C[C@H]([C@]5(O)OCC[C@H](C)[C@@H]5O)O[C@H]4\C=C\1)O2)O3. The Kier molecular flexibility index (Phi) is 11.6. The van der Waals surface area contributed by atoms with Crippen molar-refractivity contribution < 1.29 is 67.5 Å². The van der Waals surface area contributed by atoms with Crippen LogP contribution in [0, 0.1) is 17.8 Å². The van der Waals surface area contributed by atoms with Gasteiger partial charge in [0.05, 0.1) is 42.0 Å². The minimum Gasteiger partial charge on any atom is -0.459 e. The van der Waals surface area contributed by atoms with E-state index >= 15 is 0 Å². The summed E-state index contributed by atoms with van der Waals surface area (Å²) in [5.41, 5.74) is -1.17. The van der Waals surface area contributed by atoms with Crippen LogP contribution in [0.1, 0.15) is 138 Å². The lowest BCUT2D eigenvalue weighted by molar-refractivity contribution is -0.359. The van der Waals surface area contributed by atoms with Crippen LogP contribution in [0.15, 0.2) is 23.8 Å². The van der Waals surface area contributed by atoms with Crippen molar-refractivity contribution in [2.75, 3.05) is 6.61 Å². The number of hydrogen-bond acceptors (Lipinski definition) is 14. The fraction of sp³-hybridized carbons (Fsp3) is 0.872. The van der Waals surface area contributed by atoms with Gasteiger partial charge in [0, 0.05) is 38.5 Å². The third kappa shape index (κ3) is 8.14. The van der Waals surface area contributed by atoms with Crippen molar-refractivity contribution in [3.05, 3.63) is 23.8 Å². The molecule has 9 aliphatic rings. The van der Waals surface area contributed by atoms with Crippen LogP contribution in [0.4, 0.5) is 0 Å². The highest BCUT2D eigenvalue weighted by Gasteiger charge is 2.65. The van der Waals surface area contributed by atoms with E-state index in [9.17, 15) is 24.9 Å². The Morgan fingerprint density at radius 3 is 2.34 bits per heavy atom. The van der Waals surface area contributed by atoms with Gasteiger partial charge in [-0.05, 0) is 97.8 Å². The van der Waals surface area contributed by atoms with Gasteiger partial charge in [-0.25, -0.2) is 0 Å². The molecule has 9 heterocycles. The highest BCUT2D eigenvalue weighted by molar-refractivity contribution is 5.86. The number of carbonyl (C=O) groups is 2. The van der Waals surface area contributed by atoms with Gasteiger partial charge < -0.3 is 58.0 Å². The Bertz CT molecular complexity index is 1750. The number of hydrogen-bond donors (Lipinski definition) is 3. The van der Waals surface area contributed by atoms with Gasteiger partial charge >= 0.3 is 5.97 Å². The van der Waals surface area contributed by atoms with Gasteiger partial charge in [-0.2, -0.15) is 0 Å². The molecule has 0 aromatic carbocycles. The lowest BCUT2D eigenvalue weighted by Crippen LogP contribution is -2.59. The quantitative estimate of drug-likeness (QED) is 0.291. The van der Waals surface area contributed by atoms with Crippen molar-refractivity contribution >= 4 is 11.8 Å². The molecule has 9 aliphatic heterocycles. The van der Waals surface area contributed by atoms with Crippen LogP contribution in [0.3, 0.4) is 0 Å². The monoisotopic (exact) mass is 858 g/mol. The van der Waals surface area contributed by atoms with Gasteiger partial charge in [-0.1, -0.05) is 37.6 Å². The van der Waals surface area contributed by atoms with Crippen molar-refractivity contribution in [1.82, 2.24) is 0 Å². The molecule has 19 atom stereocenters. The molecule has 8 saturated heterocycles. The van der Waals surface area contributed by atoms with E-state index in [4.69, 9.17) is 42.6 Å². The molecule has 14 nitrogen and oxygen atoms in total. The largest absolute Gasteiger partial charge is 0.459 e. The van der Waals surface area contributed by atoms with E-state index in [1.165, 1.54) is 0 Å². The van der Waals surface area contributed by atoms with Crippen LogP contribution in [-0.2, 0) is 52.2 Å². The van der Waals surface area contributed by atoms with Gasteiger partial charge in [0.2, 0.25) is 5.79 Å². The van der Waals surface area contributed by atoms with Gasteiger partial charge in [-0.15, -0.1) is 0 Å². The summed E-state index contributed by atoms with van der Waals surface area (Å²) < 4.78 is 59.0. The van der Waals surface area contributed by atoms with Crippen LogP contribution < -0.4 is 0 Å². The molecule has 10 bridgehead atoms. The molecule has 0 radical (unpaired) electrons. The molecule has 0 unspecified atom stereocenters. The number of carbonyl (C=O) groups excluding carboxylic acids is 2. The zero-order valence-electron chi connectivity index (χ0n) is 37.2. The molecule has 0 saturated carbocycles. The standard InChI is InChI=1S/C47H70O14/c1-26-10-11-32-34(22-37(54-32)47(52)39(49)28(3)14-20-53-47)55-41(51)29(4)31-9-8-15-45(56-31)17-12-33(57-45)40(50)44(7)24-30(48)38(60-44)35-25-43(6)18-19-46(58-35,61-43)36-13-16-42(5,59-36)23-27(2)21-26/h10-11,21,27-29,31-40,49-50,52H,8-9,12-20,22-25H2,1-7H3/b11-10+,26-21+/t27-,28+,29+,31-,32+,33-,34+,35+,36+,37-,38-,39+,40-,42+,43-,44+,45+,46-,47+/m1/s1. The molecular weight excluding hydrogens is 789 g/mol. The van der Waals surface area contributed by atoms with Crippen LogP contribution >= 0.6 is 0 Å². The number of rotatable bonds is 1. The van der Waals surface area contributed by atoms with Crippen LogP contribution in [0.5, 0.6) is 0 Å². The molecule has 0 aliphatic carbocycles. The maximum absolute atomic E-state index is 14.1. The predicted octanol–water partition coefficient (Wildman–Crippen LogP) is 5.25. The maximum Gasteiger partial charge on any atom is 0.311 e. The second kappa shape index (κ2) is 16.0. The van der Waals surface area contributed by atoms with Crippen LogP contribution in [0.25, 0.3) is 0 Å². The second-order valence-corrected chi connectivity index (χ2v) is 21.3. The van der Waals surface area contributed by atoms with E-state index in [0.717, 1.165) is 37.7 Å². The van der Waals surface area contributed by atoms with Crippen molar-refractivity contribution in [3.63, 3.8) is 0 Å². The lowest BCUT2D eigenvalue weighted by Gasteiger charge is -2.47. The summed E-state index contributed by atoms with van der Waals surface area (Å²) in [5, 5.41) is 34.8. The minimum atomic E-state index is -1.95. The summed E-state index contributed by atoms with van der Waals surface area (Å²) in [6.07, 6.45) is 6.36. The maximum atomic E-state index is 14.1. The fourth-order valence-electron chi connectivity index (χ4n) is 12.5. The first kappa shape index (κ1) is 44.4. The molecule has 2 spiro atoms. The number of ketones is 1. The molecule has 8 fully saturated rings. The third-order valence-electron chi connectivity index (χ3n) is 15.9. The van der Waals surface area contributed by atoms with E-state index < -0.39 is 101 Å². The van der Waals surface area contributed by atoms with E-state index in [0.29, 0.717) is 44.9 Å². The van der Waals surface area contributed by atoms with Crippen molar-refractivity contribution in [3.8, 4) is 0 Å². The molecule has 0 amide bonds. The number of aliphatic hydroxyl groups excluding tert-OH is 2. The van der Waals surface area contributed by atoms with Gasteiger partial charge in [0.1, 0.15) is 48.3 Å². The third-order valence-corrected chi connectivity index (χ3v) is 15.9. The van der Waals surface area contributed by atoms with Gasteiger partial charge in [0.15, 0.2) is 17.4 Å². The van der Waals surface area contributed by atoms with Gasteiger partial charge in [0.25, 0.3) is 0 Å². The lowest BCUT2D eigenvalue weighted by atomic mass is 9.87. The van der Waals surface area contributed by atoms with Crippen molar-refractivity contribution in [2.45, 2.75) is 234 Å². The number of aliphatic hydroxyl groups is 3.